The average molecular weight is 338 g/mol. The first-order chi connectivity index (χ1) is 10.8. The summed E-state index contributed by atoms with van der Waals surface area (Å²) in [4.78, 5) is 8.85. The first-order valence-electron chi connectivity index (χ1n) is 7.76. The van der Waals surface area contributed by atoms with Crippen molar-refractivity contribution in [1.29, 1.82) is 0 Å². The number of nitrogens with zero attached hydrogens (tertiary/aromatic N) is 4. The molecular weight excluding hydrogens is 316 g/mol. The lowest BCUT2D eigenvalue weighted by Crippen LogP contribution is -2.29. The van der Waals surface area contributed by atoms with E-state index in [4.69, 9.17) is 4.42 Å². The van der Waals surface area contributed by atoms with Crippen LogP contribution in [0.3, 0.4) is 0 Å². The molecule has 0 unspecified atom stereocenters. The van der Waals surface area contributed by atoms with Gasteiger partial charge in [-0.3, -0.25) is 0 Å². The summed E-state index contributed by atoms with van der Waals surface area (Å²) in [6.07, 6.45) is 6.40. The summed E-state index contributed by atoms with van der Waals surface area (Å²) < 4.78 is 33.2. The normalized spacial score (nSPS) is 15.1. The molecule has 2 aromatic heterocycles. The Morgan fingerprint density at radius 2 is 2.04 bits per heavy atom. The zero-order valence-corrected chi connectivity index (χ0v) is 14.6. The van der Waals surface area contributed by atoms with Crippen molar-refractivity contribution in [2.45, 2.75) is 52.7 Å². The SMILES string of the molecule is Cc1nc(CN(Cc2cn3c(n2)CCCC3)S(C)(=O)=O)oc1C. The van der Waals surface area contributed by atoms with Crippen LogP contribution in [-0.4, -0.2) is 33.5 Å². The zero-order chi connectivity index (χ0) is 16.6. The Morgan fingerprint density at radius 3 is 2.65 bits per heavy atom. The van der Waals surface area contributed by atoms with Crippen LogP contribution in [0.1, 0.15) is 41.7 Å². The van der Waals surface area contributed by atoms with Crippen LogP contribution in [0, 0.1) is 13.8 Å². The molecule has 0 N–H and O–H groups in total. The first kappa shape index (κ1) is 16.2. The van der Waals surface area contributed by atoms with Crippen molar-refractivity contribution in [1.82, 2.24) is 18.8 Å². The Balaban J connectivity index is 1.81. The molecule has 0 amide bonds. The minimum absolute atomic E-state index is 0.121. The van der Waals surface area contributed by atoms with Crippen LogP contribution in [-0.2, 0) is 36.1 Å². The van der Waals surface area contributed by atoms with Crippen LogP contribution in [0.15, 0.2) is 10.6 Å². The Kier molecular flexibility index (Phi) is 4.29. The highest BCUT2D eigenvalue weighted by Crippen LogP contribution is 2.18. The van der Waals surface area contributed by atoms with Crippen LogP contribution in [0.2, 0.25) is 0 Å². The van der Waals surface area contributed by atoms with E-state index in [2.05, 4.69) is 14.5 Å². The number of aryl methyl sites for hydroxylation is 4. The lowest BCUT2D eigenvalue weighted by molar-refractivity contribution is 0.345. The van der Waals surface area contributed by atoms with Gasteiger partial charge in [-0.15, -0.1) is 0 Å². The van der Waals surface area contributed by atoms with E-state index in [1.165, 1.54) is 10.6 Å². The van der Waals surface area contributed by atoms with Gasteiger partial charge >= 0.3 is 0 Å². The molecule has 0 radical (unpaired) electrons. The summed E-state index contributed by atoms with van der Waals surface area (Å²) in [5, 5.41) is 0. The summed E-state index contributed by atoms with van der Waals surface area (Å²) in [7, 11) is -3.38. The fourth-order valence-corrected chi connectivity index (χ4v) is 3.49. The van der Waals surface area contributed by atoms with Crippen molar-refractivity contribution < 1.29 is 12.8 Å². The number of aromatic nitrogens is 3. The molecule has 0 aliphatic carbocycles. The number of hydrogen-bond acceptors (Lipinski definition) is 5. The van der Waals surface area contributed by atoms with E-state index in [0.29, 0.717) is 11.7 Å². The Hall–Kier alpha value is -1.67. The van der Waals surface area contributed by atoms with Crippen molar-refractivity contribution in [3.05, 3.63) is 35.1 Å². The quantitative estimate of drug-likeness (QED) is 0.830. The summed E-state index contributed by atoms with van der Waals surface area (Å²) in [6.45, 7) is 4.98. The van der Waals surface area contributed by atoms with Gasteiger partial charge in [0, 0.05) is 19.2 Å². The second-order valence-corrected chi connectivity index (χ2v) is 8.06. The molecule has 0 fully saturated rings. The molecule has 3 rings (SSSR count). The zero-order valence-electron chi connectivity index (χ0n) is 13.7. The Labute approximate surface area is 136 Å². The van der Waals surface area contributed by atoms with Crippen molar-refractivity contribution >= 4 is 10.0 Å². The number of rotatable bonds is 5. The van der Waals surface area contributed by atoms with Gasteiger partial charge in [0.05, 0.1) is 30.7 Å². The number of imidazole rings is 1. The molecule has 7 nitrogen and oxygen atoms in total. The van der Waals surface area contributed by atoms with E-state index in [1.807, 2.05) is 20.0 Å². The third-order valence-electron chi connectivity index (χ3n) is 4.15. The van der Waals surface area contributed by atoms with Gasteiger partial charge in [0.25, 0.3) is 0 Å². The summed E-state index contributed by atoms with van der Waals surface area (Å²) in [5.41, 5.74) is 1.55. The van der Waals surface area contributed by atoms with Gasteiger partial charge in [-0.1, -0.05) is 0 Å². The van der Waals surface area contributed by atoms with Crippen molar-refractivity contribution in [2.24, 2.45) is 0 Å². The Morgan fingerprint density at radius 1 is 1.26 bits per heavy atom. The first-order valence-corrected chi connectivity index (χ1v) is 9.60. The van der Waals surface area contributed by atoms with Crippen LogP contribution >= 0.6 is 0 Å². The molecular formula is C15H22N4O3S. The smallest absolute Gasteiger partial charge is 0.212 e. The third-order valence-corrected chi connectivity index (χ3v) is 5.35. The molecule has 0 saturated heterocycles. The molecule has 0 spiro atoms. The van der Waals surface area contributed by atoms with Gasteiger partial charge in [0.1, 0.15) is 11.6 Å². The van der Waals surface area contributed by atoms with Gasteiger partial charge in [-0.05, 0) is 26.7 Å². The lowest BCUT2D eigenvalue weighted by Gasteiger charge is -2.16. The molecule has 3 heterocycles. The topological polar surface area (TPSA) is 81.2 Å². The number of sulfonamides is 1. The van der Waals surface area contributed by atoms with Gasteiger partial charge in [0.15, 0.2) is 0 Å². The summed E-state index contributed by atoms with van der Waals surface area (Å²) in [6, 6.07) is 0. The highest BCUT2D eigenvalue weighted by atomic mass is 32.2. The second-order valence-electron chi connectivity index (χ2n) is 6.08. The highest BCUT2D eigenvalue weighted by molar-refractivity contribution is 7.88. The van der Waals surface area contributed by atoms with E-state index in [9.17, 15) is 8.42 Å². The van der Waals surface area contributed by atoms with E-state index < -0.39 is 10.0 Å². The summed E-state index contributed by atoms with van der Waals surface area (Å²) >= 11 is 0. The molecule has 0 saturated carbocycles. The molecule has 0 aromatic carbocycles. The van der Waals surface area contributed by atoms with Gasteiger partial charge in [0.2, 0.25) is 15.9 Å². The lowest BCUT2D eigenvalue weighted by atomic mass is 10.2. The van der Waals surface area contributed by atoms with Gasteiger partial charge in [-0.2, -0.15) is 4.31 Å². The Bertz CT molecular complexity index is 764. The molecule has 1 aliphatic rings. The van der Waals surface area contributed by atoms with Crippen LogP contribution in [0.25, 0.3) is 0 Å². The minimum Gasteiger partial charge on any atom is -0.444 e. The molecule has 0 bridgehead atoms. The van der Waals surface area contributed by atoms with Crippen LogP contribution in [0.4, 0.5) is 0 Å². The maximum atomic E-state index is 12.1. The predicted octanol–water partition coefficient (Wildman–Crippen LogP) is 1.79. The fourth-order valence-electron chi connectivity index (χ4n) is 2.78. The second kappa shape index (κ2) is 6.09. The van der Waals surface area contributed by atoms with Crippen molar-refractivity contribution in [2.75, 3.05) is 6.26 Å². The fraction of sp³-hybridized carbons (Fsp3) is 0.600. The van der Waals surface area contributed by atoms with Gasteiger partial charge < -0.3 is 8.98 Å². The van der Waals surface area contributed by atoms with Gasteiger partial charge in [-0.25, -0.2) is 18.4 Å². The van der Waals surface area contributed by atoms with Crippen LogP contribution < -0.4 is 0 Å². The van der Waals surface area contributed by atoms with E-state index >= 15 is 0 Å². The van der Waals surface area contributed by atoms with E-state index in [-0.39, 0.29) is 13.1 Å². The molecule has 126 valence electrons. The molecule has 0 atom stereocenters. The summed E-state index contributed by atoms with van der Waals surface area (Å²) in [5.74, 6) is 2.17. The maximum Gasteiger partial charge on any atom is 0.212 e. The standard InChI is InChI=1S/C15H22N4O3S/c1-11-12(2)22-15(16-11)10-19(23(3,20)21)9-13-8-18-7-5-4-6-14(18)17-13/h8H,4-7,9-10H2,1-3H3. The van der Waals surface area contributed by atoms with Crippen molar-refractivity contribution in [3.63, 3.8) is 0 Å². The van der Waals surface area contributed by atoms with Crippen LogP contribution in [0.5, 0.6) is 0 Å². The maximum absolute atomic E-state index is 12.1. The molecule has 8 heteroatoms. The number of fused-ring (bicyclic) bond motifs is 1. The van der Waals surface area contributed by atoms with E-state index in [0.717, 1.165) is 43.0 Å². The number of hydrogen-bond donors (Lipinski definition) is 0. The largest absolute Gasteiger partial charge is 0.444 e. The van der Waals surface area contributed by atoms with E-state index in [1.54, 1.807) is 0 Å². The molecule has 2 aromatic rings. The predicted molar refractivity (Wildman–Crippen MR) is 85.2 cm³/mol. The molecule has 1 aliphatic heterocycles. The highest BCUT2D eigenvalue weighted by Gasteiger charge is 2.23. The monoisotopic (exact) mass is 338 g/mol. The molecule has 23 heavy (non-hydrogen) atoms. The average Bonchev–Trinajstić information content (AvgIpc) is 3.00. The minimum atomic E-state index is -3.38. The third kappa shape index (κ3) is 3.64. The van der Waals surface area contributed by atoms with Crippen molar-refractivity contribution in [3.8, 4) is 0 Å². The number of oxazole rings is 1.